The Morgan fingerprint density at radius 3 is 2.64 bits per heavy atom. The van der Waals surface area contributed by atoms with Gasteiger partial charge in [0, 0.05) is 25.0 Å². The summed E-state index contributed by atoms with van der Waals surface area (Å²) in [4.78, 5) is 25.3. The zero-order chi connectivity index (χ0) is 20.5. The van der Waals surface area contributed by atoms with Crippen molar-refractivity contribution in [2.75, 3.05) is 20.1 Å². The van der Waals surface area contributed by atoms with E-state index in [1.54, 1.807) is 18.8 Å². The summed E-state index contributed by atoms with van der Waals surface area (Å²) >= 11 is 2.98. The van der Waals surface area contributed by atoms with Crippen LogP contribution in [0.2, 0.25) is 0 Å². The van der Waals surface area contributed by atoms with E-state index >= 15 is 0 Å². The van der Waals surface area contributed by atoms with Gasteiger partial charge in [0.15, 0.2) is 11.0 Å². The minimum atomic E-state index is -0.499. The number of rotatable bonds is 3. The first-order valence-electron chi connectivity index (χ1n) is 9.40. The van der Waals surface area contributed by atoms with Gasteiger partial charge < -0.3 is 4.90 Å². The molecule has 0 aliphatic carbocycles. The molecule has 6 nitrogen and oxygen atoms in total. The number of oxime groups is 1. The minimum Gasteiger partial charge on any atom is -0.305 e. The van der Waals surface area contributed by atoms with Gasteiger partial charge in [-0.1, -0.05) is 49.8 Å². The normalized spacial score (nSPS) is 20.0. The van der Waals surface area contributed by atoms with E-state index in [0.717, 1.165) is 35.4 Å². The van der Waals surface area contributed by atoms with E-state index in [9.17, 15) is 4.79 Å². The van der Waals surface area contributed by atoms with Crippen molar-refractivity contribution in [1.29, 1.82) is 0 Å². The Balaban J connectivity index is 1.63. The molecule has 28 heavy (non-hydrogen) atoms. The second-order valence-corrected chi connectivity index (χ2v) is 11.2. The SMILES string of the molecule is CN(Sc1ccc(C(C)(C)C)cc1)C(=O)ON=C1N2CCCN=C2SC1(C)C. The molecule has 0 spiro atoms. The lowest BCUT2D eigenvalue weighted by Crippen LogP contribution is -2.39. The second-order valence-electron chi connectivity index (χ2n) is 8.42. The fourth-order valence-electron chi connectivity index (χ4n) is 2.98. The van der Waals surface area contributed by atoms with E-state index in [-0.39, 0.29) is 10.2 Å². The highest BCUT2D eigenvalue weighted by Gasteiger charge is 2.44. The molecule has 2 aliphatic heterocycles. The van der Waals surface area contributed by atoms with Crippen LogP contribution in [0.3, 0.4) is 0 Å². The molecular weight excluding hydrogens is 392 g/mol. The molecule has 0 aromatic heterocycles. The van der Waals surface area contributed by atoms with Crippen LogP contribution in [-0.2, 0) is 10.3 Å². The van der Waals surface area contributed by atoms with Gasteiger partial charge in [0.25, 0.3) is 0 Å². The van der Waals surface area contributed by atoms with Gasteiger partial charge in [0.2, 0.25) is 0 Å². The highest BCUT2D eigenvalue weighted by Crippen LogP contribution is 2.39. The maximum absolute atomic E-state index is 12.4. The molecule has 1 fully saturated rings. The number of nitrogens with zero attached hydrogens (tertiary/aromatic N) is 4. The fraction of sp³-hybridized carbons (Fsp3) is 0.550. The molecule has 8 heteroatoms. The van der Waals surface area contributed by atoms with Crippen molar-refractivity contribution in [3.8, 4) is 0 Å². The van der Waals surface area contributed by atoms with Gasteiger partial charge in [-0.3, -0.25) is 9.83 Å². The predicted molar refractivity (Wildman–Crippen MR) is 118 cm³/mol. The molecule has 152 valence electrons. The number of hydrogen-bond donors (Lipinski definition) is 0. The van der Waals surface area contributed by atoms with Crippen molar-refractivity contribution in [3.05, 3.63) is 29.8 Å². The molecule has 0 radical (unpaired) electrons. The second kappa shape index (κ2) is 7.99. The van der Waals surface area contributed by atoms with E-state index in [1.165, 1.54) is 21.8 Å². The Morgan fingerprint density at radius 2 is 2.00 bits per heavy atom. The number of aliphatic imine (C=N–C) groups is 1. The quantitative estimate of drug-likeness (QED) is 0.393. The van der Waals surface area contributed by atoms with E-state index < -0.39 is 6.09 Å². The Labute approximate surface area is 175 Å². The lowest BCUT2D eigenvalue weighted by atomic mass is 9.87. The van der Waals surface area contributed by atoms with Crippen LogP contribution in [0.1, 0.15) is 46.6 Å². The van der Waals surface area contributed by atoms with Crippen molar-refractivity contribution >= 4 is 40.8 Å². The van der Waals surface area contributed by atoms with Crippen LogP contribution in [0.15, 0.2) is 39.3 Å². The summed E-state index contributed by atoms with van der Waals surface area (Å²) in [7, 11) is 1.69. The molecule has 1 amide bonds. The zero-order valence-corrected chi connectivity index (χ0v) is 19.0. The number of benzene rings is 1. The molecule has 2 heterocycles. The van der Waals surface area contributed by atoms with Crippen molar-refractivity contribution in [2.45, 2.75) is 56.1 Å². The van der Waals surface area contributed by atoms with Crippen LogP contribution in [-0.4, -0.2) is 51.2 Å². The zero-order valence-electron chi connectivity index (χ0n) is 17.4. The van der Waals surface area contributed by atoms with Crippen LogP contribution < -0.4 is 0 Å². The Hall–Kier alpha value is -1.67. The largest absolute Gasteiger partial charge is 0.446 e. The predicted octanol–water partition coefficient (Wildman–Crippen LogP) is 4.96. The lowest BCUT2D eigenvalue weighted by molar-refractivity contribution is 0.135. The monoisotopic (exact) mass is 420 g/mol. The molecule has 2 aliphatic rings. The molecule has 0 atom stereocenters. The summed E-state index contributed by atoms with van der Waals surface area (Å²) in [5.74, 6) is 0.747. The number of thioether (sulfide) groups is 1. The standard InChI is InChI=1S/C20H28N4O2S2/c1-19(2,3)14-8-10-15(11-9-14)28-23(6)18(25)26-22-16-20(4,5)27-17-21-12-7-13-24(16)17/h8-11H,7,12-13H2,1-6H3. The van der Waals surface area contributed by atoms with Crippen molar-refractivity contribution in [1.82, 2.24) is 9.21 Å². The maximum Gasteiger partial charge on any atom is 0.446 e. The molecular formula is C20H28N4O2S2. The van der Waals surface area contributed by atoms with Crippen molar-refractivity contribution in [2.24, 2.45) is 10.1 Å². The van der Waals surface area contributed by atoms with Crippen molar-refractivity contribution < 1.29 is 9.63 Å². The highest BCUT2D eigenvalue weighted by atomic mass is 32.2. The lowest BCUT2D eigenvalue weighted by Gasteiger charge is -2.23. The topological polar surface area (TPSA) is 57.5 Å². The maximum atomic E-state index is 12.4. The molecule has 3 rings (SSSR count). The van der Waals surface area contributed by atoms with E-state index in [4.69, 9.17) is 4.84 Å². The summed E-state index contributed by atoms with van der Waals surface area (Å²) in [6.07, 6.45) is 0.480. The van der Waals surface area contributed by atoms with Gasteiger partial charge in [-0.05, 0) is 55.3 Å². The first-order chi connectivity index (χ1) is 13.1. The molecule has 0 N–H and O–H groups in total. The van der Waals surface area contributed by atoms with Gasteiger partial charge in [-0.25, -0.2) is 9.10 Å². The fourth-order valence-corrected chi connectivity index (χ4v) is 4.80. The minimum absolute atomic E-state index is 0.104. The number of amidine groups is 2. The molecule has 0 saturated carbocycles. The molecule has 1 aromatic carbocycles. The van der Waals surface area contributed by atoms with E-state index in [0.29, 0.717) is 0 Å². The Kier molecular flexibility index (Phi) is 6.00. The van der Waals surface area contributed by atoms with E-state index in [1.807, 2.05) is 12.1 Å². The van der Waals surface area contributed by atoms with Crippen LogP contribution in [0.4, 0.5) is 4.79 Å². The molecule has 0 bridgehead atoms. The average molecular weight is 421 g/mol. The van der Waals surface area contributed by atoms with Crippen molar-refractivity contribution in [3.63, 3.8) is 0 Å². The Bertz CT molecular complexity index is 797. The molecule has 0 unspecified atom stereocenters. The van der Waals surface area contributed by atoms with E-state index in [2.05, 4.69) is 61.8 Å². The Morgan fingerprint density at radius 1 is 1.32 bits per heavy atom. The first kappa shape index (κ1) is 21.0. The number of amides is 1. The van der Waals surface area contributed by atoms with Crippen LogP contribution in [0, 0.1) is 0 Å². The van der Waals surface area contributed by atoms with Crippen LogP contribution in [0.5, 0.6) is 0 Å². The number of hydrogen-bond acceptors (Lipinski definition) is 6. The first-order valence-corrected chi connectivity index (χ1v) is 11.0. The molecule has 1 aromatic rings. The van der Waals surface area contributed by atoms with Gasteiger partial charge in [0.1, 0.15) is 0 Å². The highest BCUT2D eigenvalue weighted by molar-refractivity contribution is 8.16. The summed E-state index contributed by atoms with van der Waals surface area (Å²) in [6, 6.07) is 8.23. The van der Waals surface area contributed by atoms with Crippen LogP contribution in [0.25, 0.3) is 0 Å². The number of carbonyl (C=O) groups excluding carboxylic acids is 1. The van der Waals surface area contributed by atoms with Gasteiger partial charge in [-0.2, -0.15) is 0 Å². The third-order valence-corrected chi connectivity index (χ3v) is 6.72. The summed E-state index contributed by atoms with van der Waals surface area (Å²) in [6.45, 7) is 12.4. The average Bonchev–Trinajstić information content (AvgIpc) is 2.88. The van der Waals surface area contributed by atoms with Gasteiger partial charge in [-0.15, -0.1) is 0 Å². The van der Waals surface area contributed by atoms with Crippen LogP contribution >= 0.6 is 23.7 Å². The summed E-state index contributed by atoms with van der Waals surface area (Å²) < 4.78 is 1.19. The summed E-state index contributed by atoms with van der Waals surface area (Å²) in [5, 5.41) is 5.17. The number of fused-ring (bicyclic) bond motifs is 1. The molecule has 1 saturated heterocycles. The summed E-state index contributed by atoms with van der Waals surface area (Å²) in [5.41, 5.74) is 1.36. The number of carbonyl (C=O) groups is 1. The van der Waals surface area contributed by atoms with Gasteiger partial charge in [0.05, 0.1) is 4.75 Å². The third-order valence-electron chi connectivity index (χ3n) is 4.59. The third kappa shape index (κ3) is 4.66. The van der Waals surface area contributed by atoms with Gasteiger partial charge >= 0.3 is 6.09 Å². The smallest absolute Gasteiger partial charge is 0.305 e.